The van der Waals surface area contributed by atoms with Crippen LogP contribution in [0, 0.1) is 11.6 Å². The number of aromatic nitrogens is 2. The van der Waals surface area contributed by atoms with E-state index in [2.05, 4.69) is 173 Å². The van der Waals surface area contributed by atoms with Gasteiger partial charge in [-0.05, 0) is 126 Å². The van der Waals surface area contributed by atoms with Crippen molar-refractivity contribution < 1.29 is 13.5 Å². The van der Waals surface area contributed by atoms with Crippen LogP contribution >= 0.6 is 0 Å². The average molecular weight is 885 g/mol. The fourth-order valence-corrected chi connectivity index (χ4v) is 9.03. The number of halogens is 2. The molecule has 67 heavy (non-hydrogen) atoms. The number of nitrogens with zero attached hydrogens (tertiary/aromatic N) is 4. The van der Waals surface area contributed by atoms with Gasteiger partial charge in [0.1, 0.15) is 29.0 Å². The van der Waals surface area contributed by atoms with Crippen LogP contribution in [0.1, 0.15) is 79.0 Å². The summed E-state index contributed by atoms with van der Waals surface area (Å²) in [6.07, 6.45) is 1.90. The minimum Gasteiger partial charge on any atom is -0.457 e. The van der Waals surface area contributed by atoms with Gasteiger partial charge in [0, 0.05) is 41.2 Å². The molecule has 7 heteroatoms. The van der Waals surface area contributed by atoms with Crippen molar-refractivity contribution in [3.05, 3.63) is 192 Å². The molecule has 0 aliphatic carbocycles. The topological polar surface area (TPSA) is 33.1 Å². The molecular weight excluding hydrogens is 831 g/mol. The molecule has 1 aliphatic rings. The summed E-state index contributed by atoms with van der Waals surface area (Å²) >= 11 is 0. The van der Waals surface area contributed by atoms with Crippen molar-refractivity contribution in [2.45, 2.75) is 78.6 Å². The van der Waals surface area contributed by atoms with E-state index in [0.717, 1.165) is 83.8 Å². The Morgan fingerprint density at radius 2 is 1.04 bits per heavy atom. The fourth-order valence-electron chi connectivity index (χ4n) is 9.03. The van der Waals surface area contributed by atoms with E-state index in [9.17, 15) is 8.78 Å². The molecule has 0 N–H and O–H groups in total. The lowest BCUT2D eigenvalue weighted by Crippen LogP contribution is -2.13. The molecule has 0 bridgehead atoms. The van der Waals surface area contributed by atoms with Crippen LogP contribution in [0.25, 0.3) is 49.9 Å². The summed E-state index contributed by atoms with van der Waals surface area (Å²) in [7, 11) is 0. The predicted molar refractivity (Wildman–Crippen MR) is 273 cm³/mol. The van der Waals surface area contributed by atoms with E-state index < -0.39 is 0 Å². The molecular formula is C60H54F2N4O+2. The number of pyridine rings is 1. The minimum atomic E-state index is -0.311. The van der Waals surface area contributed by atoms with E-state index in [1.807, 2.05) is 48.7 Å². The van der Waals surface area contributed by atoms with Crippen LogP contribution in [0.2, 0.25) is 0 Å². The van der Waals surface area contributed by atoms with Gasteiger partial charge in [0.05, 0.1) is 28.2 Å². The molecule has 2 aromatic heterocycles. The zero-order valence-electron chi connectivity index (χ0n) is 39.5. The van der Waals surface area contributed by atoms with Crippen LogP contribution < -0.4 is 13.9 Å². The van der Waals surface area contributed by atoms with E-state index in [1.165, 1.54) is 29.8 Å². The van der Waals surface area contributed by atoms with E-state index in [-0.39, 0.29) is 27.9 Å². The van der Waals surface area contributed by atoms with Gasteiger partial charge in [0.15, 0.2) is 0 Å². The second-order valence-corrected chi connectivity index (χ2v) is 20.7. The molecule has 0 saturated heterocycles. The number of fused-ring (bicyclic) bond motifs is 4. The third kappa shape index (κ3) is 8.15. The molecule has 9 aromatic rings. The Bertz CT molecular complexity index is 3420. The van der Waals surface area contributed by atoms with Crippen molar-refractivity contribution in [1.29, 1.82) is 0 Å². The average Bonchev–Trinajstić information content (AvgIpc) is 3.84. The summed E-state index contributed by atoms with van der Waals surface area (Å²) in [4.78, 5) is 4.89. The number of para-hydroxylation sites is 3. The lowest BCUT2D eigenvalue weighted by molar-refractivity contribution is 0.479. The van der Waals surface area contributed by atoms with Crippen molar-refractivity contribution in [2.24, 2.45) is 0 Å². The van der Waals surface area contributed by atoms with Gasteiger partial charge in [-0.2, -0.15) is 0 Å². The summed E-state index contributed by atoms with van der Waals surface area (Å²) in [5.41, 5.74) is 12.0. The van der Waals surface area contributed by atoms with Crippen LogP contribution in [-0.2, 0) is 16.2 Å². The van der Waals surface area contributed by atoms with Gasteiger partial charge >= 0.3 is 6.01 Å². The van der Waals surface area contributed by atoms with Gasteiger partial charge in [-0.15, -0.1) is 0 Å². The van der Waals surface area contributed by atoms with Crippen molar-refractivity contribution >= 4 is 50.6 Å². The Morgan fingerprint density at radius 3 is 1.66 bits per heavy atom. The molecule has 7 aromatic carbocycles. The largest absolute Gasteiger partial charge is 0.503 e. The van der Waals surface area contributed by atoms with E-state index in [1.54, 1.807) is 0 Å². The molecule has 5 nitrogen and oxygen atoms in total. The third-order valence-electron chi connectivity index (χ3n) is 12.8. The maximum Gasteiger partial charge on any atom is 0.503 e. The zero-order valence-corrected chi connectivity index (χ0v) is 39.5. The van der Waals surface area contributed by atoms with Gasteiger partial charge in [-0.1, -0.05) is 117 Å². The van der Waals surface area contributed by atoms with Gasteiger partial charge in [-0.25, -0.2) is 13.8 Å². The molecule has 0 radical (unpaired) electrons. The van der Waals surface area contributed by atoms with Crippen LogP contribution in [0.15, 0.2) is 164 Å². The van der Waals surface area contributed by atoms with Crippen molar-refractivity contribution in [2.75, 3.05) is 0 Å². The standard InChI is InChI=1S/C60H54F2N4O/c1-58(2,3)40-28-29-63-56(34-40)66-52-15-11-10-14-48(52)49-27-26-46(36-55(49)66)67-47-31-41(59(4,5)6)30-45(35-47)64-37-65(54-17-13-12-16-53(54)64)57-50(38-18-22-43(61)23-19-38)32-42(60(7,8)9)33-51(57)39-20-24-44(62)25-21-39/h10-36H,1-9H3/q+2. The Hall–Kier alpha value is -7.47. The third-order valence-corrected chi connectivity index (χ3v) is 12.8. The molecule has 0 atom stereocenters. The van der Waals surface area contributed by atoms with Gasteiger partial charge < -0.3 is 4.74 Å². The summed E-state index contributed by atoms with van der Waals surface area (Å²) in [5.74, 6) is 1.62. The lowest BCUT2D eigenvalue weighted by Gasteiger charge is -2.22. The highest BCUT2D eigenvalue weighted by Crippen LogP contribution is 2.47. The molecule has 0 spiro atoms. The van der Waals surface area contributed by atoms with Crippen LogP contribution in [0.5, 0.6) is 11.5 Å². The highest BCUT2D eigenvalue weighted by molar-refractivity contribution is 6.09. The zero-order chi connectivity index (χ0) is 47.0. The number of benzene rings is 7. The van der Waals surface area contributed by atoms with Crippen LogP contribution in [0.4, 0.5) is 31.5 Å². The molecule has 0 unspecified atom stereocenters. The maximum absolute atomic E-state index is 14.5. The van der Waals surface area contributed by atoms with Crippen molar-refractivity contribution in [1.82, 2.24) is 18.7 Å². The Labute approximate surface area is 391 Å². The Kier molecular flexibility index (Phi) is 10.5. The first-order valence-electron chi connectivity index (χ1n) is 22.9. The molecule has 10 rings (SSSR count). The van der Waals surface area contributed by atoms with Crippen LogP contribution in [0.3, 0.4) is 0 Å². The quantitative estimate of drug-likeness (QED) is 0.149. The molecule has 0 saturated carbocycles. The SMILES string of the molecule is CC(C)(C)c1cc(Oc2ccc3c4ccccc4n(-c4cc(C(C)(C)C)ccn4)c3c2)cc([N+]2=C=[N+](c3c(-c4ccc(F)cc4)cc(C(C)(C)C)cc3-c3ccc(F)cc3)c3ccccc32)c1. The minimum absolute atomic E-state index is 0.0467. The molecule has 332 valence electrons. The number of ether oxygens (including phenoxy) is 1. The first kappa shape index (κ1) is 43.4. The Morgan fingerprint density at radius 1 is 0.493 bits per heavy atom. The number of hydrogen-bond donors (Lipinski definition) is 0. The highest BCUT2D eigenvalue weighted by atomic mass is 19.1. The first-order valence-corrected chi connectivity index (χ1v) is 22.9. The van der Waals surface area contributed by atoms with Crippen molar-refractivity contribution in [3.8, 4) is 39.6 Å². The molecule has 0 amide bonds. The Balaban J connectivity index is 1.18. The number of hydrogen-bond acceptors (Lipinski definition) is 2. The summed E-state index contributed by atoms with van der Waals surface area (Å²) in [5, 5.41) is 2.26. The first-order chi connectivity index (χ1) is 31.9. The maximum atomic E-state index is 14.5. The van der Waals surface area contributed by atoms with Gasteiger partial charge in [0.2, 0.25) is 11.4 Å². The smallest absolute Gasteiger partial charge is 0.457 e. The summed E-state index contributed by atoms with van der Waals surface area (Å²) < 4.78 is 42.5. The van der Waals surface area contributed by atoms with E-state index in [0.29, 0.717) is 11.5 Å². The monoisotopic (exact) mass is 884 g/mol. The van der Waals surface area contributed by atoms with Gasteiger partial charge in [-0.3, -0.25) is 4.57 Å². The lowest BCUT2D eigenvalue weighted by atomic mass is 9.82. The molecule has 0 fully saturated rings. The second-order valence-electron chi connectivity index (χ2n) is 20.7. The summed E-state index contributed by atoms with van der Waals surface area (Å²) in [6.45, 7) is 19.8. The van der Waals surface area contributed by atoms with Gasteiger partial charge in [0.25, 0.3) is 11.4 Å². The summed E-state index contributed by atoms with van der Waals surface area (Å²) in [6, 6.07) is 55.2. The molecule has 3 heterocycles. The normalized spacial score (nSPS) is 12.9. The van der Waals surface area contributed by atoms with Crippen molar-refractivity contribution in [3.63, 3.8) is 0 Å². The number of rotatable bonds is 7. The molecule has 1 aliphatic heterocycles. The second kappa shape index (κ2) is 16.1. The highest BCUT2D eigenvalue weighted by Gasteiger charge is 2.40. The van der Waals surface area contributed by atoms with Crippen LogP contribution in [-0.4, -0.2) is 15.6 Å². The van der Waals surface area contributed by atoms with E-state index in [4.69, 9.17) is 9.72 Å². The van der Waals surface area contributed by atoms with E-state index >= 15 is 0 Å². The predicted octanol–water partition coefficient (Wildman–Crippen LogP) is 16.3. The fraction of sp³-hybridized carbons (Fsp3) is 0.200.